The second-order valence-corrected chi connectivity index (χ2v) is 7.07. The van der Waals surface area contributed by atoms with Crippen LogP contribution in [0.2, 0.25) is 0 Å². The van der Waals surface area contributed by atoms with Gasteiger partial charge in [-0.3, -0.25) is 22.9 Å². The molecule has 0 saturated heterocycles. The molecule has 0 aliphatic carbocycles. The van der Waals surface area contributed by atoms with Crippen molar-refractivity contribution in [3.05, 3.63) is 36.9 Å². The van der Waals surface area contributed by atoms with Crippen LogP contribution in [0.1, 0.15) is 90.9 Å². The van der Waals surface area contributed by atoms with Crippen molar-refractivity contribution < 1.29 is 26.7 Å². The zero-order valence-corrected chi connectivity index (χ0v) is 20.4. The number of hydrogen-bond donors (Lipinski definition) is 0. The minimum atomic E-state index is 0. The first-order valence-corrected chi connectivity index (χ1v) is 11.3. The van der Waals surface area contributed by atoms with E-state index in [0.717, 1.165) is 13.1 Å². The van der Waals surface area contributed by atoms with Crippen molar-refractivity contribution in [1.82, 2.24) is 19.6 Å². The molecule has 0 saturated carbocycles. The Morgan fingerprint density at radius 1 is 0.581 bits per heavy atom. The largest absolute Gasteiger partial charge is 2.00 e. The Kier molecular flexibility index (Phi) is 33.3. The van der Waals surface area contributed by atoms with Gasteiger partial charge in [0.25, 0.3) is 0 Å². The number of aryl methyl sites for hydroxylation is 2. The van der Waals surface area contributed by atoms with Gasteiger partial charge in [0, 0.05) is 37.9 Å². The summed E-state index contributed by atoms with van der Waals surface area (Å²) in [7, 11) is 0. The Balaban J connectivity index is -0.000000424. The maximum absolute atomic E-state index is 7.75. The van der Waals surface area contributed by atoms with Gasteiger partial charge in [0.2, 0.25) is 0 Å². The van der Waals surface area contributed by atoms with Gasteiger partial charge in [-0.1, -0.05) is 78.1 Å². The fourth-order valence-electron chi connectivity index (χ4n) is 2.97. The monoisotopic (exact) mass is 481 g/mol. The SMILES string of the molecule is CCCCCCCCn1cccn1.CCCCCCCCn1cccn1.[CH-]=O.[CH-]=O.[Cu+2]. The molecule has 1 radical (unpaired) electrons. The molecule has 0 fully saturated rings. The van der Waals surface area contributed by atoms with Crippen molar-refractivity contribution in [2.45, 2.75) is 104 Å². The van der Waals surface area contributed by atoms with E-state index in [1.54, 1.807) is 0 Å². The van der Waals surface area contributed by atoms with Gasteiger partial charge in [-0.15, -0.1) is 0 Å². The molecule has 6 nitrogen and oxygen atoms in total. The van der Waals surface area contributed by atoms with Gasteiger partial charge in [-0.2, -0.15) is 10.2 Å². The van der Waals surface area contributed by atoms with Crippen LogP contribution in [0, 0.1) is 0 Å². The fraction of sp³-hybridized carbons (Fsp3) is 0.667. The molecule has 0 atom stereocenters. The quantitative estimate of drug-likeness (QED) is 0.145. The molecule has 7 heteroatoms. The zero-order valence-electron chi connectivity index (χ0n) is 19.4. The van der Waals surface area contributed by atoms with Crippen molar-refractivity contribution in [2.75, 3.05) is 0 Å². The van der Waals surface area contributed by atoms with Gasteiger partial charge in [0.1, 0.15) is 0 Å². The summed E-state index contributed by atoms with van der Waals surface area (Å²) in [6, 6.07) is 3.97. The summed E-state index contributed by atoms with van der Waals surface area (Å²) in [6.45, 7) is 13.2. The first kappa shape index (κ1) is 33.9. The molecule has 0 bridgehead atoms. The Morgan fingerprint density at radius 2 is 0.903 bits per heavy atom. The van der Waals surface area contributed by atoms with Crippen LogP contribution in [0.4, 0.5) is 0 Å². The van der Waals surface area contributed by atoms with E-state index in [0.29, 0.717) is 0 Å². The maximum Gasteiger partial charge on any atom is 2.00 e. The van der Waals surface area contributed by atoms with Crippen LogP contribution in [0.25, 0.3) is 0 Å². The molecule has 0 aliphatic heterocycles. The number of aromatic nitrogens is 4. The Labute approximate surface area is 200 Å². The second kappa shape index (κ2) is 30.5. The molecule has 0 aromatic carbocycles. The van der Waals surface area contributed by atoms with E-state index in [-0.39, 0.29) is 17.1 Å². The minimum absolute atomic E-state index is 0. The molecule has 2 rings (SSSR count). The van der Waals surface area contributed by atoms with E-state index < -0.39 is 0 Å². The molecule has 0 aliphatic rings. The van der Waals surface area contributed by atoms with E-state index in [2.05, 4.69) is 37.6 Å². The van der Waals surface area contributed by atoms with Crippen LogP contribution in [0.15, 0.2) is 36.9 Å². The van der Waals surface area contributed by atoms with Crippen LogP contribution in [-0.4, -0.2) is 33.1 Å². The minimum Gasteiger partial charge on any atom is -0.545 e. The van der Waals surface area contributed by atoms with Crippen LogP contribution < -0.4 is 0 Å². The third-order valence-electron chi connectivity index (χ3n) is 4.60. The molecule has 0 spiro atoms. The van der Waals surface area contributed by atoms with E-state index in [1.165, 1.54) is 77.0 Å². The topological polar surface area (TPSA) is 69.8 Å². The zero-order chi connectivity index (χ0) is 22.7. The summed E-state index contributed by atoms with van der Waals surface area (Å²) in [5.41, 5.74) is 0. The standard InChI is InChI=1S/2C11H20N2.2CHO.Cu/c2*1-2-3-4-5-6-7-10-13-11-8-9-12-13;2*1-2;/h2*8-9,11H,2-7,10H2,1H3;2*1H;/q;;2*-1;+2. The first-order chi connectivity index (χ1) is 14.9. The molecular formula is C24H42CuN4O2. The summed E-state index contributed by atoms with van der Waals surface area (Å²) < 4.78 is 4.03. The number of hydrogen-bond acceptors (Lipinski definition) is 4. The average Bonchev–Trinajstić information content (AvgIpc) is 3.51. The molecule has 0 N–H and O–H groups in total. The summed E-state index contributed by atoms with van der Waals surface area (Å²) >= 11 is 0. The van der Waals surface area contributed by atoms with Gasteiger partial charge < -0.3 is 9.59 Å². The molecule has 0 unspecified atom stereocenters. The van der Waals surface area contributed by atoms with Crippen LogP contribution >= 0.6 is 0 Å². The first-order valence-electron chi connectivity index (χ1n) is 11.3. The number of rotatable bonds is 14. The Morgan fingerprint density at radius 3 is 1.19 bits per heavy atom. The molecule has 181 valence electrons. The predicted molar refractivity (Wildman–Crippen MR) is 125 cm³/mol. The predicted octanol–water partition coefficient (Wildman–Crippen LogP) is 5.94. The van der Waals surface area contributed by atoms with Gasteiger partial charge >= 0.3 is 17.1 Å². The van der Waals surface area contributed by atoms with Gasteiger partial charge in [0.15, 0.2) is 0 Å². The molecule has 2 aromatic heterocycles. The van der Waals surface area contributed by atoms with E-state index >= 15 is 0 Å². The van der Waals surface area contributed by atoms with Crippen LogP contribution in [-0.2, 0) is 39.7 Å². The van der Waals surface area contributed by atoms with Gasteiger partial charge in [-0.05, 0) is 25.0 Å². The fourth-order valence-corrected chi connectivity index (χ4v) is 2.97. The van der Waals surface area contributed by atoms with Crippen molar-refractivity contribution in [3.8, 4) is 0 Å². The van der Waals surface area contributed by atoms with Crippen LogP contribution in [0.5, 0.6) is 0 Å². The van der Waals surface area contributed by atoms with E-state index in [1.807, 2.05) is 46.3 Å². The summed E-state index contributed by atoms with van der Waals surface area (Å²) in [4.78, 5) is 15.5. The van der Waals surface area contributed by atoms with Crippen molar-refractivity contribution in [1.29, 1.82) is 0 Å². The maximum atomic E-state index is 7.75. The molecule has 0 amide bonds. The third-order valence-corrected chi connectivity index (χ3v) is 4.60. The average molecular weight is 482 g/mol. The summed E-state index contributed by atoms with van der Waals surface area (Å²) in [6.07, 6.45) is 24.0. The van der Waals surface area contributed by atoms with E-state index in [9.17, 15) is 0 Å². The van der Waals surface area contributed by atoms with Crippen LogP contribution in [0.3, 0.4) is 0 Å². The molecule has 2 heterocycles. The van der Waals surface area contributed by atoms with Crippen molar-refractivity contribution in [3.63, 3.8) is 0 Å². The van der Waals surface area contributed by atoms with Gasteiger partial charge in [0.05, 0.1) is 0 Å². The number of unbranched alkanes of at least 4 members (excludes halogenated alkanes) is 10. The Bertz CT molecular complexity index is 473. The molecule has 31 heavy (non-hydrogen) atoms. The van der Waals surface area contributed by atoms with E-state index in [4.69, 9.17) is 9.59 Å². The normalized spacial score (nSPS) is 9.10. The summed E-state index contributed by atoms with van der Waals surface area (Å²) in [5, 5.41) is 8.33. The number of nitrogens with zero attached hydrogens (tertiary/aromatic N) is 4. The number of carbonyl (C=O) groups excluding carboxylic acids is 2. The van der Waals surface area contributed by atoms with Crippen molar-refractivity contribution in [2.24, 2.45) is 0 Å². The van der Waals surface area contributed by atoms with Crippen molar-refractivity contribution >= 4 is 13.6 Å². The Hall–Kier alpha value is -1.72. The third kappa shape index (κ3) is 24.4. The second-order valence-electron chi connectivity index (χ2n) is 7.07. The molecular weight excluding hydrogens is 440 g/mol. The smallest absolute Gasteiger partial charge is 0.545 e. The van der Waals surface area contributed by atoms with Gasteiger partial charge in [-0.25, -0.2) is 0 Å². The molecule has 2 aromatic rings. The summed E-state index contributed by atoms with van der Waals surface area (Å²) in [5.74, 6) is 0.